The summed E-state index contributed by atoms with van der Waals surface area (Å²) in [6.07, 6.45) is 4.44. The second kappa shape index (κ2) is 9.28. The van der Waals surface area contributed by atoms with Crippen LogP contribution < -0.4 is 10.1 Å². The van der Waals surface area contributed by atoms with Crippen LogP contribution in [0.25, 0.3) is 17.0 Å². The molecule has 0 aliphatic rings. The highest BCUT2D eigenvalue weighted by Gasteiger charge is 2.14. The molecular formula is C21H17N3O6. The zero-order chi connectivity index (χ0) is 21.5. The van der Waals surface area contributed by atoms with E-state index in [0.717, 1.165) is 16.5 Å². The topological polar surface area (TPSA) is 121 Å². The largest absolute Gasteiger partial charge is 0.494 e. The van der Waals surface area contributed by atoms with Crippen molar-refractivity contribution in [1.82, 2.24) is 4.98 Å². The number of ether oxygens (including phenoxy) is 2. The number of hydrogen-bond donors (Lipinski definition) is 1. The number of para-hydroxylation sites is 1. The first-order valence-corrected chi connectivity index (χ1v) is 8.79. The van der Waals surface area contributed by atoms with E-state index in [1.807, 2.05) is 30.3 Å². The molecule has 0 atom stereocenters. The summed E-state index contributed by atoms with van der Waals surface area (Å²) >= 11 is 0. The number of nitro groups is 1. The van der Waals surface area contributed by atoms with Crippen LogP contribution in [-0.4, -0.2) is 35.5 Å². The maximum Gasteiger partial charge on any atom is 0.331 e. The number of esters is 1. The molecular weight excluding hydrogens is 390 g/mol. The summed E-state index contributed by atoms with van der Waals surface area (Å²) in [5.41, 5.74) is 1.53. The number of non-ortho nitro benzene ring substituents is 1. The third kappa shape index (κ3) is 4.96. The number of carbonyl (C=O) groups excluding carboxylic acids is 2. The number of anilines is 1. The fourth-order valence-corrected chi connectivity index (χ4v) is 2.69. The van der Waals surface area contributed by atoms with Crippen LogP contribution in [-0.2, 0) is 14.3 Å². The molecule has 1 N–H and O–H groups in total. The van der Waals surface area contributed by atoms with Gasteiger partial charge in [-0.1, -0.05) is 24.3 Å². The van der Waals surface area contributed by atoms with Crippen molar-refractivity contribution >= 4 is 40.2 Å². The summed E-state index contributed by atoms with van der Waals surface area (Å²) in [4.78, 5) is 38.5. The molecule has 3 rings (SSSR count). The lowest BCUT2D eigenvalue weighted by atomic mass is 10.1. The van der Waals surface area contributed by atoms with E-state index in [2.05, 4.69) is 10.3 Å². The Morgan fingerprint density at radius 2 is 2.00 bits per heavy atom. The van der Waals surface area contributed by atoms with E-state index in [-0.39, 0.29) is 17.1 Å². The Hall–Kier alpha value is -4.27. The number of pyridine rings is 1. The lowest BCUT2D eigenvalue weighted by Crippen LogP contribution is -2.20. The molecule has 0 bridgehead atoms. The molecule has 1 aromatic heterocycles. The molecule has 0 aliphatic carbocycles. The van der Waals surface area contributed by atoms with Gasteiger partial charge in [-0.2, -0.15) is 0 Å². The summed E-state index contributed by atoms with van der Waals surface area (Å²) in [7, 11) is 1.32. The molecule has 1 heterocycles. The number of nitrogens with one attached hydrogen (secondary N) is 1. The van der Waals surface area contributed by atoms with Crippen molar-refractivity contribution in [2.75, 3.05) is 19.0 Å². The van der Waals surface area contributed by atoms with Gasteiger partial charge in [-0.15, -0.1) is 0 Å². The maximum absolute atomic E-state index is 12.0. The lowest BCUT2D eigenvalue weighted by molar-refractivity contribution is -0.384. The van der Waals surface area contributed by atoms with Crippen molar-refractivity contribution in [1.29, 1.82) is 0 Å². The smallest absolute Gasteiger partial charge is 0.331 e. The Bertz CT molecular complexity index is 1140. The monoisotopic (exact) mass is 407 g/mol. The van der Waals surface area contributed by atoms with Crippen molar-refractivity contribution in [2.24, 2.45) is 0 Å². The Kier molecular flexibility index (Phi) is 6.33. The van der Waals surface area contributed by atoms with E-state index in [0.29, 0.717) is 0 Å². The van der Waals surface area contributed by atoms with Crippen molar-refractivity contribution in [3.63, 3.8) is 0 Å². The van der Waals surface area contributed by atoms with Gasteiger partial charge in [-0.3, -0.25) is 19.9 Å². The van der Waals surface area contributed by atoms with Gasteiger partial charge in [0, 0.05) is 29.3 Å². The molecule has 0 saturated carbocycles. The van der Waals surface area contributed by atoms with E-state index in [9.17, 15) is 19.7 Å². The van der Waals surface area contributed by atoms with Gasteiger partial charge >= 0.3 is 5.97 Å². The molecule has 9 heteroatoms. The van der Waals surface area contributed by atoms with E-state index in [4.69, 9.17) is 9.47 Å². The van der Waals surface area contributed by atoms with Crippen LogP contribution in [0.5, 0.6) is 5.75 Å². The van der Waals surface area contributed by atoms with Crippen LogP contribution in [0.4, 0.5) is 11.4 Å². The third-order valence-electron chi connectivity index (χ3n) is 4.08. The fourth-order valence-electron chi connectivity index (χ4n) is 2.69. The summed E-state index contributed by atoms with van der Waals surface area (Å²) < 4.78 is 9.98. The van der Waals surface area contributed by atoms with Gasteiger partial charge in [-0.25, -0.2) is 4.79 Å². The second-order valence-corrected chi connectivity index (χ2v) is 6.05. The van der Waals surface area contributed by atoms with E-state index < -0.39 is 23.4 Å². The maximum atomic E-state index is 12.0. The average Bonchev–Trinajstić information content (AvgIpc) is 2.76. The van der Waals surface area contributed by atoms with Gasteiger partial charge in [0.15, 0.2) is 6.61 Å². The minimum absolute atomic E-state index is 0.118. The van der Waals surface area contributed by atoms with Crippen LogP contribution in [0.2, 0.25) is 0 Å². The third-order valence-corrected chi connectivity index (χ3v) is 4.08. The van der Waals surface area contributed by atoms with Crippen molar-refractivity contribution in [3.8, 4) is 5.75 Å². The zero-order valence-electron chi connectivity index (χ0n) is 15.9. The standard InChI is InChI=1S/C21H17N3O6/c1-29-18-12-16(24(27)28)8-9-17(18)23-19(25)13-30-20(26)10-7-15-5-2-4-14-6-3-11-22-21(14)15/h2-12H,13H2,1H3,(H,23,25)/b10-7+. The van der Waals surface area contributed by atoms with Crippen molar-refractivity contribution in [2.45, 2.75) is 0 Å². The Morgan fingerprint density at radius 3 is 2.77 bits per heavy atom. The quantitative estimate of drug-likeness (QED) is 0.276. The molecule has 0 saturated heterocycles. The number of carbonyl (C=O) groups is 2. The first kappa shape index (κ1) is 20.5. The number of nitrogens with zero attached hydrogens (tertiary/aromatic N) is 2. The molecule has 2 aromatic carbocycles. The number of rotatable bonds is 7. The number of methoxy groups -OCH3 is 1. The van der Waals surface area contributed by atoms with Crippen LogP contribution in [0.3, 0.4) is 0 Å². The van der Waals surface area contributed by atoms with Gasteiger partial charge < -0.3 is 14.8 Å². The van der Waals surface area contributed by atoms with E-state index >= 15 is 0 Å². The van der Waals surface area contributed by atoms with Gasteiger partial charge in [0.05, 0.1) is 29.3 Å². The highest BCUT2D eigenvalue weighted by molar-refractivity contribution is 5.96. The summed E-state index contributed by atoms with van der Waals surface area (Å²) in [5, 5.41) is 14.2. The molecule has 152 valence electrons. The molecule has 9 nitrogen and oxygen atoms in total. The van der Waals surface area contributed by atoms with Crippen LogP contribution in [0.1, 0.15) is 5.56 Å². The Morgan fingerprint density at radius 1 is 1.20 bits per heavy atom. The van der Waals surface area contributed by atoms with Crippen LogP contribution >= 0.6 is 0 Å². The Labute approximate surface area is 171 Å². The zero-order valence-corrected chi connectivity index (χ0v) is 15.9. The molecule has 0 fully saturated rings. The van der Waals surface area contributed by atoms with Gasteiger partial charge in [0.2, 0.25) is 0 Å². The minimum Gasteiger partial charge on any atom is -0.494 e. The number of fused-ring (bicyclic) bond motifs is 1. The van der Waals surface area contributed by atoms with Gasteiger partial charge in [-0.05, 0) is 18.2 Å². The van der Waals surface area contributed by atoms with Crippen molar-refractivity contribution in [3.05, 3.63) is 76.5 Å². The molecule has 0 unspecified atom stereocenters. The number of nitro benzene ring substituents is 1. The van der Waals surface area contributed by atoms with Crippen LogP contribution in [0, 0.1) is 10.1 Å². The predicted molar refractivity (Wildman–Crippen MR) is 110 cm³/mol. The first-order chi connectivity index (χ1) is 14.5. The van der Waals surface area contributed by atoms with E-state index in [1.165, 1.54) is 31.4 Å². The second-order valence-electron chi connectivity index (χ2n) is 6.05. The average molecular weight is 407 g/mol. The predicted octanol–water partition coefficient (Wildman–Crippen LogP) is 3.35. The summed E-state index contributed by atoms with van der Waals surface area (Å²) in [6, 6.07) is 13.1. The van der Waals surface area contributed by atoms with Gasteiger partial charge in [0.1, 0.15) is 5.75 Å². The number of amides is 1. The highest BCUT2D eigenvalue weighted by Crippen LogP contribution is 2.28. The summed E-state index contributed by atoms with van der Waals surface area (Å²) in [6.45, 7) is -0.531. The van der Waals surface area contributed by atoms with Gasteiger partial charge in [0.25, 0.3) is 11.6 Å². The molecule has 1 amide bonds. The number of hydrogen-bond acceptors (Lipinski definition) is 7. The number of aromatic nitrogens is 1. The summed E-state index contributed by atoms with van der Waals surface area (Å²) in [5.74, 6) is -1.20. The molecule has 0 aliphatic heterocycles. The molecule has 3 aromatic rings. The van der Waals surface area contributed by atoms with Crippen molar-refractivity contribution < 1.29 is 24.0 Å². The SMILES string of the molecule is COc1cc([N+](=O)[O-])ccc1NC(=O)COC(=O)/C=C/c1cccc2cccnc12. The fraction of sp³-hybridized carbons (Fsp3) is 0.0952. The minimum atomic E-state index is -0.700. The number of benzene rings is 2. The first-order valence-electron chi connectivity index (χ1n) is 8.79. The Balaban J connectivity index is 1.59. The molecule has 0 radical (unpaired) electrons. The molecule has 30 heavy (non-hydrogen) atoms. The highest BCUT2D eigenvalue weighted by atomic mass is 16.6. The molecule has 0 spiro atoms. The van der Waals surface area contributed by atoms with E-state index in [1.54, 1.807) is 12.3 Å². The lowest BCUT2D eigenvalue weighted by Gasteiger charge is -2.09. The van der Waals surface area contributed by atoms with Crippen LogP contribution in [0.15, 0.2) is 60.8 Å². The normalized spacial score (nSPS) is 10.7.